The number of rotatable bonds is 5. The van der Waals surface area contributed by atoms with Crippen molar-refractivity contribution in [1.29, 1.82) is 0 Å². The molecule has 1 heterocycles. The van der Waals surface area contributed by atoms with Crippen molar-refractivity contribution >= 4 is 22.4 Å². The van der Waals surface area contributed by atoms with Crippen LogP contribution in [0.25, 0.3) is 0 Å². The number of nitrogens with zero attached hydrogens (tertiary/aromatic N) is 2. The quantitative estimate of drug-likeness (QED) is 0.826. The van der Waals surface area contributed by atoms with Gasteiger partial charge in [0.1, 0.15) is 4.88 Å². The van der Waals surface area contributed by atoms with Gasteiger partial charge in [-0.3, -0.25) is 0 Å². The Bertz CT molecular complexity index is 340. The number of aromatic carboxylic acids is 1. The van der Waals surface area contributed by atoms with Gasteiger partial charge in [0.25, 0.3) is 0 Å². The van der Waals surface area contributed by atoms with Gasteiger partial charge in [-0.15, -0.1) is 0 Å². The number of hydrogen-bond acceptors (Lipinski definition) is 5. The van der Waals surface area contributed by atoms with Crippen LogP contribution in [-0.2, 0) is 4.74 Å². The molecule has 0 amide bonds. The van der Waals surface area contributed by atoms with E-state index in [2.05, 4.69) is 4.98 Å². The summed E-state index contributed by atoms with van der Waals surface area (Å²) in [7, 11) is 3.50. The van der Waals surface area contributed by atoms with Crippen LogP contribution in [0.2, 0.25) is 0 Å². The number of thiazole rings is 1. The summed E-state index contributed by atoms with van der Waals surface area (Å²) in [6.07, 6.45) is 1.37. The Morgan fingerprint density at radius 3 is 2.93 bits per heavy atom. The van der Waals surface area contributed by atoms with Crippen LogP contribution in [0, 0.1) is 0 Å². The second-order valence-corrected chi connectivity index (χ2v) is 4.24. The Balaban J connectivity index is 2.73. The molecule has 1 atom stereocenters. The molecule has 0 fully saturated rings. The van der Waals surface area contributed by atoms with E-state index < -0.39 is 5.97 Å². The number of ether oxygens (including phenoxy) is 1. The Kier molecular flexibility index (Phi) is 4.05. The van der Waals surface area contributed by atoms with Gasteiger partial charge in [-0.05, 0) is 6.92 Å². The molecule has 5 nitrogen and oxygen atoms in total. The van der Waals surface area contributed by atoms with Gasteiger partial charge in [-0.1, -0.05) is 11.3 Å². The summed E-state index contributed by atoms with van der Waals surface area (Å²) in [6, 6.07) is 0.169. The van der Waals surface area contributed by atoms with Gasteiger partial charge >= 0.3 is 5.97 Å². The predicted molar refractivity (Wildman–Crippen MR) is 58.8 cm³/mol. The van der Waals surface area contributed by atoms with Crippen molar-refractivity contribution in [2.45, 2.75) is 13.0 Å². The van der Waals surface area contributed by atoms with Crippen molar-refractivity contribution in [3.8, 4) is 0 Å². The Hall–Kier alpha value is -1.14. The summed E-state index contributed by atoms with van der Waals surface area (Å²) in [5.74, 6) is -0.938. The first-order valence-electron chi connectivity index (χ1n) is 4.47. The average molecular weight is 230 g/mol. The minimum absolute atomic E-state index is 0.169. The number of carbonyl (C=O) groups is 1. The second-order valence-electron chi connectivity index (χ2n) is 3.23. The zero-order valence-corrected chi connectivity index (χ0v) is 9.74. The molecule has 0 saturated carbocycles. The topological polar surface area (TPSA) is 62.7 Å². The second kappa shape index (κ2) is 5.09. The third-order valence-electron chi connectivity index (χ3n) is 2.08. The van der Waals surface area contributed by atoms with Crippen molar-refractivity contribution in [1.82, 2.24) is 4.98 Å². The molecule has 15 heavy (non-hydrogen) atoms. The summed E-state index contributed by atoms with van der Waals surface area (Å²) >= 11 is 1.16. The van der Waals surface area contributed by atoms with Gasteiger partial charge in [0, 0.05) is 14.2 Å². The van der Waals surface area contributed by atoms with Gasteiger partial charge in [0.2, 0.25) is 0 Å². The maximum atomic E-state index is 10.7. The molecule has 0 saturated heterocycles. The molecule has 1 aromatic rings. The van der Waals surface area contributed by atoms with E-state index in [9.17, 15) is 4.79 Å². The maximum absolute atomic E-state index is 10.7. The molecule has 0 spiro atoms. The molecule has 0 aliphatic rings. The lowest BCUT2D eigenvalue weighted by molar-refractivity contribution is 0.0702. The number of methoxy groups -OCH3 is 1. The monoisotopic (exact) mass is 230 g/mol. The Morgan fingerprint density at radius 2 is 2.47 bits per heavy atom. The first-order chi connectivity index (χ1) is 7.06. The van der Waals surface area contributed by atoms with Crippen molar-refractivity contribution in [3.05, 3.63) is 11.1 Å². The van der Waals surface area contributed by atoms with Gasteiger partial charge < -0.3 is 14.7 Å². The zero-order chi connectivity index (χ0) is 11.4. The summed E-state index contributed by atoms with van der Waals surface area (Å²) in [4.78, 5) is 16.9. The lowest BCUT2D eigenvalue weighted by Gasteiger charge is -2.23. The summed E-state index contributed by atoms with van der Waals surface area (Å²) < 4.78 is 5.02. The number of aromatic nitrogens is 1. The maximum Gasteiger partial charge on any atom is 0.347 e. The van der Waals surface area contributed by atoms with E-state index in [-0.39, 0.29) is 10.9 Å². The third kappa shape index (κ3) is 2.90. The molecule has 1 aromatic heterocycles. The summed E-state index contributed by atoms with van der Waals surface area (Å²) in [6.45, 7) is 2.57. The number of carboxylic acids is 1. The first kappa shape index (κ1) is 11.9. The molecule has 0 aromatic carbocycles. The van der Waals surface area contributed by atoms with Crippen LogP contribution in [0.5, 0.6) is 0 Å². The van der Waals surface area contributed by atoms with Crippen molar-refractivity contribution in [2.75, 3.05) is 25.7 Å². The van der Waals surface area contributed by atoms with Crippen LogP contribution in [0.15, 0.2) is 6.20 Å². The smallest absolute Gasteiger partial charge is 0.347 e. The number of carboxylic acid groups (broad SMARTS) is 1. The van der Waals surface area contributed by atoms with E-state index in [0.29, 0.717) is 11.7 Å². The van der Waals surface area contributed by atoms with Crippen LogP contribution in [-0.4, -0.2) is 42.9 Å². The number of likely N-dealkylation sites (N-methyl/N-ethyl adjacent to an activating group) is 1. The highest BCUT2D eigenvalue weighted by Crippen LogP contribution is 2.22. The molecule has 6 heteroatoms. The lowest BCUT2D eigenvalue weighted by atomic mass is 10.3. The van der Waals surface area contributed by atoms with E-state index in [1.54, 1.807) is 7.11 Å². The summed E-state index contributed by atoms with van der Waals surface area (Å²) in [5.41, 5.74) is 0. The molecule has 84 valence electrons. The van der Waals surface area contributed by atoms with Gasteiger partial charge in [0.05, 0.1) is 18.8 Å². The van der Waals surface area contributed by atoms with Crippen LogP contribution < -0.4 is 4.90 Å². The molecule has 0 aliphatic carbocycles. The summed E-state index contributed by atoms with van der Waals surface area (Å²) in [5, 5.41) is 9.44. The number of hydrogen-bond donors (Lipinski definition) is 1. The molecule has 1 N–H and O–H groups in total. The fourth-order valence-corrected chi connectivity index (χ4v) is 1.89. The van der Waals surface area contributed by atoms with Crippen LogP contribution in [0.3, 0.4) is 0 Å². The van der Waals surface area contributed by atoms with Crippen LogP contribution >= 0.6 is 11.3 Å². The molecule has 1 unspecified atom stereocenters. The SMILES string of the molecule is COCC(C)N(C)c1ncc(C(=O)O)s1. The molecule has 0 radical (unpaired) electrons. The minimum Gasteiger partial charge on any atom is -0.477 e. The van der Waals surface area contributed by atoms with E-state index in [1.165, 1.54) is 6.20 Å². The number of anilines is 1. The van der Waals surface area contributed by atoms with E-state index >= 15 is 0 Å². The zero-order valence-electron chi connectivity index (χ0n) is 8.93. The van der Waals surface area contributed by atoms with E-state index in [4.69, 9.17) is 9.84 Å². The Labute approximate surface area is 92.3 Å². The van der Waals surface area contributed by atoms with E-state index in [0.717, 1.165) is 11.3 Å². The van der Waals surface area contributed by atoms with Crippen molar-refractivity contribution in [2.24, 2.45) is 0 Å². The normalized spacial score (nSPS) is 12.5. The highest BCUT2D eigenvalue weighted by Gasteiger charge is 2.15. The molecule has 0 aliphatic heterocycles. The molecule has 0 bridgehead atoms. The van der Waals surface area contributed by atoms with Crippen LogP contribution in [0.4, 0.5) is 5.13 Å². The third-order valence-corrected chi connectivity index (χ3v) is 3.15. The Morgan fingerprint density at radius 1 is 1.80 bits per heavy atom. The predicted octanol–water partition coefficient (Wildman–Crippen LogP) is 1.31. The average Bonchev–Trinajstić information content (AvgIpc) is 2.65. The van der Waals surface area contributed by atoms with Crippen molar-refractivity contribution in [3.63, 3.8) is 0 Å². The van der Waals surface area contributed by atoms with Crippen molar-refractivity contribution < 1.29 is 14.6 Å². The fourth-order valence-electron chi connectivity index (χ4n) is 1.07. The standard InChI is InChI=1S/C9H14N2O3S/c1-6(5-14-3)11(2)9-10-4-7(15-9)8(12)13/h4,6H,5H2,1-3H3,(H,12,13). The van der Waals surface area contributed by atoms with Gasteiger partial charge in [-0.2, -0.15) is 0 Å². The van der Waals surface area contributed by atoms with Crippen LogP contribution in [0.1, 0.15) is 16.6 Å². The lowest BCUT2D eigenvalue weighted by Crippen LogP contribution is -2.32. The van der Waals surface area contributed by atoms with E-state index in [1.807, 2.05) is 18.9 Å². The highest BCUT2D eigenvalue weighted by molar-refractivity contribution is 7.17. The van der Waals surface area contributed by atoms with Gasteiger partial charge in [0.15, 0.2) is 5.13 Å². The minimum atomic E-state index is -0.938. The highest BCUT2D eigenvalue weighted by atomic mass is 32.1. The molecule has 1 rings (SSSR count). The van der Waals surface area contributed by atoms with Gasteiger partial charge in [-0.25, -0.2) is 9.78 Å². The first-order valence-corrected chi connectivity index (χ1v) is 5.28. The molecular formula is C9H14N2O3S. The molecular weight excluding hydrogens is 216 g/mol. The fraction of sp³-hybridized carbons (Fsp3) is 0.556. The largest absolute Gasteiger partial charge is 0.477 e.